The van der Waals surface area contributed by atoms with Crippen LogP contribution in [0.15, 0.2) is 18.7 Å². The molecule has 0 amide bonds. The standard InChI is InChI=1S/C15H21N5O2/c1-12-7-16-15(17-8-12)19-3-2-4-20-11-18-13(14(20)9-19)10-22-6-5-21/h7-8,11,21H,2-6,9-10H2,1H3. The highest BCUT2D eigenvalue weighted by Crippen LogP contribution is 2.20. The van der Waals surface area contributed by atoms with Crippen LogP contribution < -0.4 is 4.90 Å². The van der Waals surface area contributed by atoms with E-state index in [-0.39, 0.29) is 6.61 Å². The second kappa shape index (κ2) is 6.85. The Kier molecular flexibility index (Phi) is 4.65. The number of ether oxygens (including phenoxy) is 1. The van der Waals surface area contributed by atoms with Gasteiger partial charge in [0.1, 0.15) is 0 Å². The number of imidazole rings is 1. The summed E-state index contributed by atoms with van der Waals surface area (Å²) in [5, 5.41) is 8.82. The molecule has 22 heavy (non-hydrogen) atoms. The molecule has 0 fully saturated rings. The third kappa shape index (κ3) is 3.26. The summed E-state index contributed by atoms with van der Waals surface area (Å²) in [6.45, 7) is 5.34. The average Bonchev–Trinajstić information content (AvgIpc) is 2.78. The fourth-order valence-corrected chi connectivity index (χ4v) is 2.59. The molecule has 0 bridgehead atoms. The zero-order chi connectivity index (χ0) is 15.4. The predicted octanol–water partition coefficient (Wildman–Crippen LogP) is 0.901. The first-order valence-electron chi connectivity index (χ1n) is 7.53. The highest BCUT2D eigenvalue weighted by Gasteiger charge is 2.20. The van der Waals surface area contributed by atoms with Gasteiger partial charge in [-0.3, -0.25) is 0 Å². The van der Waals surface area contributed by atoms with Crippen molar-refractivity contribution in [2.75, 3.05) is 24.7 Å². The maximum Gasteiger partial charge on any atom is 0.225 e. The molecule has 0 aliphatic carbocycles. The topological polar surface area (TPSA) is 76.3 Å². The number of nitrogens with zero attached hydrogens (tertiary/aromatic N) is 5. The minimum Gasteiger partial charge on any atom is -0.394 e. The third-order valence-electron chi connectivity index (χ3n) is 3.73. The Morgan fingerprint density at radius 1 is 1.23 bits per heavy atom. The summed E-state index contributed by atoms with van der Waals surface area (Å²) in [6.07, 6.45) is 6.58. The summed E-state index contributed by atoms with van der Waals surface area (Å²) in [7, 11) is 0. The number of aromatic nitrogens is 4. The molecule has 0 atom stereocenters. The molecule has 0 saturated heterocycles. The van der Waals surface area contributed by atoms with Crippen molar-refractivity contribution < 1.29 is 9.84 Å². The maximum absolute atomic E-state index is 8.82. The van der Waals surface area contributed by atoms with E-state index in [0.29, 0.717) is 13.2 Å². The van der Waals surface area contributed by atoms with Gasteiger partial charge in [0.15, 0.2) is 0 Å². The summed E-state index contributed by atoms with van der Waals surface area (Å²) >= 11 is 0. The maximum atomic E-state index is 8.82. The van der Waals surface area contributed by atoms with Crippen molar-refractivity contribution >= 4 is 5.95 Å². The third-order valence-corrected chi connectivity index (χ3v) is 3.73. The molecule has 7 heteroatoms. The largest absolute Gasteiger partial charge is 0.394 e. The van der Waals surface area contributed by atoms with E-state index in [4.69, 9.17) is 9.84 Å². The van der Waals surface area contributed by atoms with Crippen LogP contribution in [-0.2, 0) is 24.4 Å². The van der Waals surface area contributed by atoms with Gasteiger partial charge in [0.05, 0.1) is 44.1 Å². The molecule has 118 valence electrons. The van der Waals surface area contributed by atoms with Crippen molar-refractivity contribution in [2.45, 2.75) is 33.0 Å². The van der Waals surface area contributed by atoms with E-state index in [0.717, 1.165) is 49.0 Å². The Bertz CT molecular complexity index is 611. The average molecular weight is 303 g/mol. The van der Waals surface area contributed by atoms with E-state index in [1.165, 1.54) is 0 Å². The van der Waals surface area contributed by atoms with E-state index in [1.807, 2.05) is 25.6 Å². The molecular weight excluding hydrogens is 282 g/mol. The number of aliphatic hydroxyl groups excluding tert-OH is 1. The molecule has 0 aromatic carbocycles. The summed E-state index contributed by atoms with van der Waals surface area (Å²) in [6, 6.07) is 0. The van der Waals surface area contributed by atoms with Crippen molar-refractivity contribution in [1.29, 1.82) is 0 Å². The number of fused-ring (bicyclic) bond motifs is 1. The Morgan fingerprint density at radius 2 is 2.05 bits per heavy atom. The van der Waals surface area contributed by atoms with Crippen LogP contribution in [0, 0.1) is 6.92 Å². The summed E-state index contributed by atoms with van der Waals surface area (Å²) in [5.74, 6) is 0.752. The number of aliphatic hydroxyl groups is 1. The van der Waals surface area contributed by atoms with Gasteiger partial charge in [-0.25, -0.2) is 15.0 Å². The lowest BCUT2D eigenvalue weighted by Crippen LogP contribution is -2.25. The van der Waals surface area contributed by atoms with Crippen molar-refractivity contribution in [3.63, 3.8) is 0 Å². The normalized spacial score (nSPS) is 14.7. The Balaban J connectivity index is 1.78. The molecule has 3 rings (SSSR count). The molecule has 2 aromatic rings. The van der Waals surface area contributed by atoms with Gasteiger partial charge >= 0.3 is 0 Å². The number of hydrogen-bond donors (Lipinski definition) is 1. The molecule has 0 radical (unpaired) electrons. The smallest absolute Gasteiger partial charge is 0.225 e. The molecule has 0 saturated carbocycles. The van der Waals surface area contributed by atoms with Crippen LogP contribution in [0.2, 0.25) is 0 Å². The summed E-state index contributed by atoms with van der Waals surface area (Å²) < 4.78 is 7.59. The second-order valence-corrected chi connectivity index (χ2v) is 5.44. The number of hydrogen-bond acceptors (Lipinski definition) is 6. The van der Waals surface area contributed by atoms with Gasteiger partial charge in [-0.15, -0.1) is 0 Å². The van der Waals surface area contributed by atoms with Crippen molar-refractivity contribution in [2.24, 2.45) is 0 Å². The van der Waals surface area contributed by atoms with Gasteiger partial charge < -0.3 is 19.3 Å². The highest BCUT2D eigenvalue weighted by atomic mass is 16.5. The lowest BCUT2D eigenvalue weighted by atomic mass is 10.3. The molecule has 7 nitrogen and oxygen atoms in total. The Labute approximate surface area is 129 Å². The van der Waals surface area contributed by atoms with E-state index in [2.05, 4.69) is 24.4 Å². The lowest BCUT2D eigenvalue weighted by Gasteiger charge is -2.20. The first-order chi connectivity index (χ1) is 10.8. The first kappa shape index (κ1) is 14.9. The number of rotatable bonds is 5. The second-order valence-electron chi connectivity index (χ2n) is 5.44. The predicted molar refractivity (Wildman–Crippen MR) is 81.4 cm³/mol. The minimum atomic E-state index is 0.0272. The quantitative estimate of drug-likeness (QED) is 0.827. The van der Waals surface area contributed by atoms with Crippen LogP contribution >= 0.6 is 0 Å². The highest BCUT2D eigenvalue weighted by molar-refractivity contribution is 5.32. The van der Waals surface area contributed by atoms with Gasteiger partial charge in [-0.2, -0.15) is 0 Å². The van der Waals surface area contributed by atoms with Crippen LogP contribution in [0.5, 0.6) is 0 Å². The molecule has 0 unspecified atom stereocenters. The van der Waals surface area contributed by atoms with Gasteiger partial charge in [-0.05, 0) is 18.9 Å². The number of aryl methyl sites for hydroxylation is 2. The molecule has 3 heterocycles. The van der Waals surface area contributed by atoms with Crippen molar-refractivity contribution in [3.8, 4) is 0 Å². The lowest BCUT2D eigenvalue weighted by molar-refractivity contribution is 0.0794. The van der Waals surface area contributed by atoms with E-state index in [9.17, 15) is 0 Å². The Hall–Kier alpha value is -1.99. The molecule has 1 aliphatic rings. The fraction of sp³-hybridized carbons (Fsp3) is 0.533. The first-order valence-corrected chi connectivity index (χ1v) is 7.53. The van der Waals surface area contributed by atoms with Crippen LogP contribution in [0.3, 0.4) is 0 Å². The molecular formula is C15H21N5O2. The van der Waals surface area contributed by atoms with E-state index >= 15 is 0 Å². The van der Waals surface area contributed by atoms with E-state index in [1.54, 1.807) is 0 Å². The molecule has 0 spiro atoms. The zero-order valence-electron chi connectivity index (χ0n) is 12.8. The molecule has 2 aromatic heterocycles. The van der Waals surface area contributed by atoms with Crippen LogP contribution in [0.4, 0.5) is 5.95 Å². The number of anilines is 1. The van der Waals surface area contributed by atoms with Crippen LogP contribution in [-0.4, -0.2) is 44.4 Å². The summed E-state index contributed by atoms with van der Waals surface area (Å²) in [5.41, 5.74) is 3.12. The van der Waals surface area contributed by atoms with Crippen molar-refractivity contribution in [3.05, 3.63) is 35.7 Å². The van der Waals surface area contributed by atoms with Gasteiger partial charge in [0.25, 0.3) is 0 Å². The minimum absolute atomic E-state index is 0.0272. The SMILES string of the molecule is Cc1cnc(N2CCCn3cnc(COCCO)c3C2)nc1. The monoisotopic (exact) mass is 303 g/mol. The van der Waals surface area contributed by atoms with E-state index < -0.39 is 0 Å². The van der Waals surface area contributed by atoms with Crippen LogP contribution in [0.1, 0.15) is 23.4 Å². The molecule has 1 N–H and O–H groups in total. The molecule has 1 aliphatic heterocycles. The fourth-order valence-electron chi connectivity index (χ4n) is 2.59. The zero-order valence-corrected chi connectivity index (χ0v) is 12.8. The Morgan fingerprint density at radius 3 is 2.82 bits per heavy atom. The van der Waals surface area contributed by atoms with Gasteiger partial charge in [-0.1, -0.05) is 0 Å². The van der Waals surface area contributed by atoms with Gasteiger partial charge in [0.2, 0.25) is 5.95 Å². The van der Waals surface area contributed by atoms with Crippen molar-refractivity contribution in [1.82, 2.24) is 19.5 Å². The summed E-state index contributed by atoms with van der Waals surface area (Å²) in [4.78, 5) is 15.5. The van der Waals surface area contributed by atoms with Gasteiger partial charge in [0, 0.05) is 25.5 Å². The van der Waals surface area contributed by atoms with Crippen LogP contribution in [0.25, 0.3) is 0 Å².